The van der Waals surface area contributed by atoms with Gasteiger partial charge in [0.25, 0.3) is 0 Å². The highest BCUT2D eigenvalue weighted by atomic mass is 16.4. The minimum absolute atomic E-state index is 0. The Morgan fingerprint density at radius 2 is 1.35 bits per heavy atom. The van der Waals surface area contributed by atoms with Crippen molar-refractivity contribution in [2.45, 2.75) is 54.4 Å². The summed E-state index contributed by atoms with van der Waals surface area (Å²) in [7, 11) is 4.42. The van der Waals surface area contributed by atoms with Crippen LogP contribution in [0.2, 0.25) is 0 Å². The number of nitrogens with one attached hydrogen (secondary N) is 2. The van der Waals surface area contributed by atoms with E-state index in [0.29, 0.717) is 12.8 Å². The summed E-state index contributed by atoms with van der Waals surface area (Å²) in [6.45, 7) is 7.00. The quantitative estimate of drug-likeness (QED) is 0.161. The minimum atomic E-state index is -0.862. The van der Waals surface area contributed by atoms with Crippen LogP contribution in [0, 0.1) is 17.8 Å². The van der Waals surface area contributed by atoms with E-state index < -0.39 is 23.7 Å². The lowest BCUT2D eigenvalue weighted by atomic mass is 9.93. The van der Waals surface area contributed by atoms with Gasteiger partial charge in [0.15, 0.2) is 5.81 Å². The fraction of sp³-hybridized carbons (Fsp3) is 0.733. The molecule has 0 saturated carbocycles. The molecule has 0 aromatic heterocycles. The maximum atomic E-state index is 11.0. The van der Waals surface area contributed by atoms with Crippen LogP contribution in [0.3, 0.4) is 0 Å². The van der Waals surface area contributed by atoms with Gasteiger partial charge in [0.2, 0.25) is 13.8 Å². The maximum absolute atomic E-state index is 11.0. The molecule has 8 N–H and O–H groups in total. The molecule has 0 aliphatic heterocycles. The van der Waals surface area contributed by atoms with Gasteiger partial charge in [-0.3, -0.25) is 24.6 Å². The monoisotopic (exact) mass is 376 g/mol. The van der Waals surface area contributed by atoms with Gasteiger partial charge in [-0.2, -0.15) is 0 Å². The van der Waals surface area contributed by atoms with Crippen LogP contribution < -0.4 is 22.5 Å². The molecule has 3 atom stereocenters. The molecule has 3 unspecified atom stereocenters. The molecule has 0 spiro atoms. The highest BCUT2D eigenvalue weighted by Crippen LogP contribution is 2.15. The smallest absolute Gasteiger partial charge is 0.306 e. The van der Waals surface area contributed by atoms with Crippen molar-refractivity contribution < 1.29 is 29.4 Å². The second kappa shape index (κ2) is 19.2. The lowest BCUT2D eigenvalue weighted by Crippen LogP contribution is -2.36. The summed E-state index contributed by atoms with van der Waals surface area (Å²) >= 11 is 0. The zero-order chi connectivity index (χ0) is 20.6. The average molecular weight is 376 g/mol. The predicted molar refractivity (Wildman–Crippen MR) is 99.8 cm³/mol. The summed E-state index contributed by atoms with van der Waals surface area (Å²) in [4.78, 5) is 40.9. The predicted octanol–water partition coefficient (Wildman–Crippen LogP) is 0.605. The van der Waals surface area contributed by atoms with Crippen molar-refractivity contribution in [1.29, 1.82) is 0 Å². The van der Waals surface area contributed by atoms with E-state index in [4.69, 9.17) is 16.1 Å². The first-order valence-electron chi connectivity index (χ1n) is 7.70. The number of amides is 2. The van der Waals surface area contributed by atoms with Gasteiger partial charge >= 0.3 is 11.9 Å². The number of carbonyl (C=O) groups is 4. The third-order valence-electron chi connectivity index (χ3n) is 3.25. The first kappa shape index (κ1) is 31.6. The van der Waals surface area contributed by atoms with E-state index in [9.17, 15) is 19.2 Å². The highest BCUT2D eigenvalue weighted by molar-refractivity contribution is 6.56. The molecule has 0 bridgehead atoms. The van der Waals surface area contributed by atoms with Crippen LogP contribution in [-0.4, -0.2) is 41.7 Å². The van der Waals surface area contributed by atoms with Crippen LogP contribution in [0.1, 0.15) is 54.4 Å². The molecule has 0 heterocycles. The van der Waals surface area contributed by atoms with Gasteiger partial charge in [-0.25, -0.2) is 11.7 Å². The Kier molecular flexibility index (Phi) is 23.3. The van der Waals surface area contributed by atoms with Crippen molar-refractivity contribution in [3.63, 3.8) is 0 Å². The van der Waals surface area contributed by atoms with Gasteiger partial charge in [-0.1, -0.05) is 35.1 Å². The molecule has 2 radical (unpaired) electrons. The largest absolute Gasteiger partial charge is 0.481 e. The zero-order valence-electron chi connectivity index (χ0n) is 15.1. The van der Waals surface area contributed by atoms with Gasteiger partial charge in [0, 0.05) is 5.92 Å². The maximum Gasteiger partial charge on any atom is 0.306 e. The highest BCUT2D eigenvalue weighted by Gasteiger charge is 2.21. The molecule has 0 aromatic rings. The van der Waals surface area contributed by atoms with E-state index in [1.54, 1.807) is 26.2 Å². The number of nitrogens with two attached hydrogens (primary N) is 2. The van der Waals surface area contributed by atoms with E-state index in [1.807, 2.05) is 12.3 Å². The molecular formula is C15H33BN4O6. The molecule has 2 amide bonds. The Bertz CT molecular complexity index is 423. The second-order valence-corrected chi connectivity index (χ2v) is 5.24. The van der Waals surface area contributed by atoms with Crippen LogP contribution in [0.25, 0.3) is 0 Å². The van der Waals surface area contributed by atoms with Gasteiger partial charge in [0.1, 0.15) is 0 Å². The van der Waals surface area contributed by atoms with E-state index in [0.717, 1.165) is 6.42 Å². The molecule has 0 fully saturated rings. The summed E-state index contributed by atoms with van der Waals surface area (Å²) in [6.07, 6.45) is 1.57. The number of rotatable bonds is 7. The topological polar surface area (TPSA) is 185 Å². The van der Waals surface area contributed by atoms with Gasteiger partial charge in [-0.15, -0.1) is 0 Å². The summed E-state index contributed by atoms with van der Waals surface area (Å²) in [5.41, 5.74) is 3.67. The number of carboxylic acid groups (broad SMARTS) is 2. The van der Waals surface area contributed by atoms with Crippen LogP contribution in [0.4, 0.5) is 4.79 Å². The van der Waals surface area contributed by atoms with Crippen LogP contribution in [0.5, 0.6) is 0 Å². The van der Waals surface area contributed by atoms with Crippen LogP contribution in [-0.2, 0) is 14.4 Å². The Morgan fingerprint density at radius 1 is 0.923 bits per heavy atom. The Hall–Kier alpha value is -2.14. The molecule has 0 aromatic carbocycles. The van der Waals surface area contributed by atoms with Crippen LogP contribution >= 0.6 is 0 Å². The van der Waals surface area contributed by atoms with E-state index in [1.165, 1.54) is 0 Å². The number of hydrazine groups is 2. The number of aliphatic carboxylic acids is 2. The molecule has 0 rings (SSSR count). The molecular weight excluding hydrogens is 343 g/mol. The van der Waals surface area contributed by atoms with Crippen molar-refractivity contribution >= 4 is 31.5 Å². The van der Waals surface area contributed by atoms with E-state index in [2.05, 4.69) is 13.7 Å². The fourth-order valence-corrected chi connectivity index (χ4v) is 1.29. The number of carbonyl (C=O) groups excluding carboxylic acids is 2. The van der Waals surface area contributed by atoms with Crippen molar-refractivity contribution in [2.24, 2.45) is 29.4 Å². The second-order valence-electron chi connectivity index (χ2n) is 5.24. The molecule has 0 aliphatic carbocycles. The Morgan fingerprint density at radius 3 is 1.50 bits per heavy atom. The van der Waals surface area contributed by atoms with Crippen molar-refractivity contribution in [2.75, 3.05) is 0 Å². The Balaban J connectivity index is -0.000000157. The fourth-order valence-electron chi connectivity index (χ4n) is 1.29. The summed E-state index contributed by atoms with van der Waals surface area (Å²) in [5.74, 6) is 5.76. The normalized spacial score (nSPS) is 12.2. The lowest BCUT2D eigenvalue weighted by molar-refractivity contribution is -0.143. The number of hydrogen-bond donors (Lipinski definition) is 6. The third kappa shape index (κ3) is 19.9. The number of hydrogen-bond acceptors (Lipinski definition) is 6. The van der Waals surface area contributed by atoms with Gasteiger partial charge in [-0.05, 0) is 19.3 Å². The molecule has 11 heteroatoms. The molecule has 152 valence electrons. The minimum Gasteiger partial charge on any atom is -0.481 e. The number of carboxylic acids is 2. The van der Waals surface area contributed by atoms with Gasteiger partial charge < -0.3 is 15.6 Å². The van der Waals surface area contributed by atoms with E-state index in [-0.39, 0.29) is 25.2 Å². The molecule has 0 saturated heterocycles. The summed E-state index contributed by atoms with van der Waals surface area (Å²) in [6, 6.07) is 0. The molecule has 0 aliphatic rings. The lowest BCUT2D eigenvalue weighted by Gasteiger charge is -2.14. The first-order valence-corrected chi connectivity index (χ1v) is 7.70. The van der Waals surface area contributed by atoms with Crippen molar-refractivity contribution in [3.8, 4) is 0 Å². The van der Waals surface area contributed by atoms with Crippen molar-refractivity contribution in [1.82, 2.24) is 10.9 Å². The van der Waals surface area contributed by atoms with Crippen LogP contribution in [0.15, 0.2) is 0 Å². The summed E-state index contributed by atoms with van der Waals surface area (Å²) in [5, 5.41) is 16.9. The van der Waals surface area contributed by atoms with E-state index >= 15 is 0 Å². The standard InChI is InChI=1S/C8H16N2O3.C5H10O2.CH3BN2O.CH4/c1-3-6(8(12)13)4-5(2)7(11)10-9;1-3-4(2)5(6)7;2-1(5)4-3;/h5-6H,3-4,9H2,1-2H3,(H,10,11)(H,12,13);4H,3H2,1-2H3,(H,6,7);3H2,(H,4,5);1H4. The SMILES string of the molecule is C.CCC(C)C(=O)O.CCC(CC(C)C(=O)NN)C(=O)O.[B]C(=O)NN. The first-order chi connectivity index (χ1) is 11.5. The molecule has 26 heavy (non-hydrogen) atoms. The Labute approximate surface area is 156 Å². The average Bonchev–Trinajstić information content (AvgIpc) is 2.58. The van der Waals surface area contributed by atoms with Crippen molar-refractivity contribution in [3.05, 3.63) is 0 Å². The third-order valence-corrected chi connectivity index (χ3v) is 3.25. The zero-order valence-corrected chi connectivity index (χ0v) is 15.1. The summed E-state index contributed by atoms with van der Waals surface area (Å²) < 4.78 is 0. The molecule has 10 nitrogen and oxygen atoms in total. The van der Waals surface area contributed by atoms with Gasteiger partial charge in [0.05, 0.1) is 11.8 Å².